The van der Waals surface area contributed by atoms with Crippen LogP contribution in [0.5, 0.6) is 0 Å². The van der Waals surface area contributed by atoms with Gasteiger partial charge in [0.05, 0.1) is 22.2 Å². The Labute approximate surface area is 218 Å². The predicted octanol–water partition coefficient (Wildman–Crippen LogP) is 5.60. The number of fused-ring (bicyclic) bond motifs is 1. The quantitative estimate of drug-likeness (QED) is 0.178. The van der Waals surface area contributed by atoms with Crippen LogP contribution in [-0.2, 0) is 10.0 Å². The highest BCUT2D eigenvalue weighted by Crippen LogP contribution is 2.31. The number of hydrogen-bond acceptors (Lipinski definition) is 6. The van der Waals surface area contributed by atoms with Crippen molar-refractivity contribution in [3.05, 3.63) is 107 Å². The van der Waals surface area contributed by atoms with Crippen molar-refractivity contribution in [2.24, 2.45) is 0 Å². The Kier molecular flexibility index (Phi) is 6.52. The molecule has 0 unspecified atom stereocenters. The van der Waals surface area contributed by atoms with Gasteiger partial charge in [-0.1, -0.05) is 12.1 Å². The number of aryl methyl sites for hydroxylation is 1. The smallest absolute Gasteiger partial charge is 0.265 e. The molecule has 0 saturated carbocycles. The molecule has 0 aliphatic rings. The summed E-state index contributed by atoms with van der Waals surface area (Å²) in [5.41, 5.74) is -0.360. The summed E-state index contributed by atoms with van der Waals surface area (Å²) in [6, 6.07) is 10.3. The minimum Gasteiger partial charge on any atom is -0.345 e. The first-order valence-corrected chi connectivity index (χ1v) is 12.7. The van der Waals surface area contributed by atoms with Crippen molar-refractivity contribution in [1.82, 2.24) is 15.0 Å². The van der Waals surface area contributed by atoms with Gasteiger partial charge in [-0.15, -0.1) is 0 Å². The van der Waals surface area contributed by atoms with Gasteiger partial charge in [-0.25, -0.2) is 35.9 Å². The molecule has 8 nitrogen and oxygen atoms in total. The molecule has 0 saturated heterocycles. The third-order valence-corrected chi connectivity index (χ3v) is 7.12. The van der Waals surface area contributed by atoms with E-state index in [2.05, 4.69) is 20.3 Å². The maximum atomic E-state index is 15.5. The molecule has 0 bridgehead atoms. The molecule has 5 aromatic rings. The molecule has 2 aromatic heterocycles. The van der Waals surface area contributed by atoms with Gasteiger partial charge in [0, 0.05) is 11.9 Å². The lowest BCUT2D eigenvalue weighted by molar-refractivity contribution is 0.103. The summed E-state index contributed by atoms with van der Waals surface area (Å²) in [4.78, 5) is 23.3. The largest absolute Gasteiger partial charge is 0.345 e. The number of rotatable bonds is 7. The first kappa shape index (κ1) is 25.9. The molecule has 13 heteroatoms. The number of aromatic amines is 1. The second-order valence-corrected chi connectivity index (χ2v) is 10.1. The lowest BCUT2D eigenvalue weighted by Crippen LogP contribution is -2.18. The highest BCUT2D eigenvalue weighted by atomic mass is 32.2. The standard InChI is InChI=1S/C26H17F4N5O3S/c1-13-3-2-4-15(9-13)34-26-21-16(11-31-25(21)32-12-33-26)24(36)22-18(29)7-8-19(23(22)30)35-39(37,38)20-10-14(27)5-6-17(20)28/h2-12,35H,1H3,(H2,31,32,33,34). The monoisotopic (exact) mass is 555 g/mol. The van der Waals surface area contributed by atoms with E-state index in [1.807, 2.05) is 19.1 Å². The van der Waals surface area contributed by atoms with Crippen LogP contribution in [0.1, 0.15) is 21.5 Å². The zero-order chi connectivity index (χ0) is 27.9. The topological polar surface area (TPSA) is 117 Å². The van der Waals surface area contributed by atoms with E-state index in [9.17, 15) is 26.4 Å². The number of hydrogen-bond donors (Lipinski definition) is 3. The number of aromatic nitrogens is 3. The Bertz CT molecular complexity index is 1880. The molecule has 3 N–H and O–H groups in total. The third-order valence-electron chi connectivity index (χ3n) is 5.74. The maximum absolute atomic E-state index is 15.5. The van der Waals surface area contributed by atoms with E-state index < -0.39 is 55.2 Å². The van der Waals surface area contributed by atoms with Crippen LogP contribution in [0.4, 0.5) is 34.8 Å². The van der Waals surface area contributed by atoms with E-state index in [1.54, 1.807) is 16.9 Å². The Balaban J connectivity index is 1.56. The van der Waals surface area contributed by atoms with Crippen LogP contribution >= 0.6 is 0 Å². The number of nitrogens with zero attached hydrogens (tertiary/aromatic N) is 2. The van der Waals surface area contributed by atoms with Crippen LogP contribution in [0.3, 0.4) is 0 Å². The molecule has 0 atom stereocenters. The van der Waals surface area contributed by atoms with E-state index in [1.165, 1.54) is 12.5 Å². The van der Waals surface area contributed by atoms with Gasteiger partial charge >= 0.3 is 0 Å². The number of halogens is 4. The van der Waals surface area contributed by atoms with Crippen molar-refractivity contribution >= 4 is 44.0 Å². The minimum atomic E-state index is -4.85. The molecule has 0 aliphatic heterocycles. The number of carbonyl (C=O) groups excluding carboxylic acids is 1. The van der Waals surface area contributed by atoms with Crippen molar-refractivity contribution in [1.29, 1.82) is 0 Å². The fourth-order valence-electron chi connectivity index (χ4n) is 3.95. The van der Waals surface area contributed by atoms with E-state index in [4.69, 9.17) is 0 Å². The van der Waals surface area contributed by atoms with E-state index in [0.29, 0.717) is 30.0 Å². The molecular formula is C26H17F4N5O3S. The highest BCUT2D eigenvalue weighted by molar-refractivity contribution is 7.92. The number of anilines is 3. The number of H-pyrrole nitrogens is 1. The molecule has 0 amide bonds. The maximum Gasteiger partial charge on any atom is 0.265 e. The highest BCUT2D eigenvalue weighted by Gasteiger charge is 2.28. The molecule has 198 valence electrons. The zero-order valence-corrected chi connectivity index (χ0v) is 20.7. The summed E-state index contributed by atoms with van der Waals surface area (Å²) >= 11 is 0. The SMILES string of the molecule is Cc1cccc(Nc2ncnc3[nH]cc(C(=O)c4c(F)ccc(NS(=O)(=O)c5cc(F)ccc5F)c4F)c23)c1. The van der Waals surface area contributed by atoms with Gasteiger partial charge in [0.25, 0.3) is 10.0 Å². The molecular weight excluding hydrogens is 538 g/mol. The normalized spacial score (nSPS) is 11.5. The Hall–Kier alpha value is -4.78. The molecule has 2 heterocycles. The van der Waals surface area contributed by atoms with Gasteiger partial charge in [-0.05, 0) is 55.0 Å². The van der Waals surface area contributed by atoms with E-state index in [0.717, 1.165) is 11.6 Å². The van der Waals surface area contributed by atoms with Crippen molar-refractivity contribution < 1.29 is 30.8 Å². The second kappa shape index (κ2) is 9.83. The molecule has 0 radical (unpaired) electrons. The number of benzene rings is 3. The lowest BCUT2D eigenvalue weighted by Gasteiger charge is -2.13. The fourth-order valence-corrected chi connectivity index (χ4v) is 5.10. The van der Waals surface area contributed by atoms with Crippen LogP contribution < -0.4 is 10.0 Å². The number of carbonyl (C=O) groups is 1. The summed E-state index contributed by atoms with van der Waals surface area (Å²) < 4.78 is 85.0. The lowest BCUT2D eigenvalue weighted by atomic mass is 10.0. The molecule has 0 aliphatic carbocycles. The van der Waals surface area contributed by atoms with Gasteiger partial charge in [0.1, 0.15) is 40.1 Å². The van der Waals surface area contributed by atoms with Crippen molar-refractivity contribution in [2.75, 3.05) is 10.0 Å². The van der Waals surface area contributed by atoms with Gasteiger partial charge in [-0.2, -0.15) is 0 Å². The summed E-state index contributed by atoms with van der Waals surface area (Å²) in [5, 5.41) is 3.19. The molecule has 39 heavy (non-hydrogen) atoms. The van der Waals surface area contributed by atoms with Gasteiger partial charge in [0.2, 0.25) is 5.78 Å². The van der Waals surface area contributed by atoms with Crippen LogP contribution in [0.25, 0.3) is 11.0 Å². The van der Waals surface area contributed by atoms with Crippen molar-refractivity contribution in [3.63, 3.8) is 0 Å². The second-order valence-electron chi connectivity index (χ2n) is 8.44. The average Bonchev–Trinajstić information content (AvgIpc) is 3.32. The number of ketones is 1. The summed E-state index contributed by atoms with van der Waals surface area (Å²) in [7, 11) is -4.85. The zero-order valence-electron chi connectivity index (χ0n) is 19.9. The first-order valence-electron chi connectivity index (χ1n) is 11.2. The summed E-state index contributed by atoms with van der Waals surface area (Å²) in [6.07, 6.45) is 2.42. The van der Waals surface area contributed by atoms with Gasteiger partial charge in [0.15, 0.2) is 5.82 Å². The average molecular weight is 556 g/mol. The van der Waals surface area contributed by atoms with Crippen LogP contribution in [0.2, 0.25) is 0 Å². The number of nitrogens with one attached hydrogen (secondary N) is 3. The predicted molar refractivity (Wildman–Crippen MR) is 135 cm³/mol. The molecule has 3 aromatic carbocycles. The van der Waals surface area contributed by atoms with Crippen molar-refractivity contribution in [2.45, 2.75) is 11.8 Å². The van der Waals surface area contributed by atoms with E-state index >= 15 is 4.39 Å². The first-order chi connectivity index (χ1) is 18.5. The Morgan fingerprint density at radius 2 is 1.72 bits per heavy atom. The van der Waals surface area contributed by atoms with Gasteiger partial charge in [-0.3, -0.25) is 9.52 Å². The molecule has 5 rings (SSSR count). The van der Waals surface area contributed by atoms with E-state index in [-0.39, 0.29) is 22.4 Å². The molecule has 0 spiro atoms. The number of sulfonamides is 1. The summed E-state index contributed by atoms with van der Waals surface area (Å²) in [5.74, 6) is -6.15. The Morgan fingerprint density at radius 1 is 0.949 bits per heavy atom. The fraction of sp³-hybridized carbons (Fsp3) is 0.0385. The van der Waals surface area contributed by atoms with Crippen LogP contribution in [-0.4, -0.2) is 29.2 Å². The minimum absolute atomic E-state index is 0.135. The Morgan fingerprint density at radius 3 is 2.49 bits per heavy atom. The van der Waals surface area contributed by atoms with Crippen LogP contribution in [0.15, 0.2) is 72.0 Å². The van der Waals surface area contributed by atoms with Crippen LogP contribution in [0, 0.1) is 30.2 Å². The summed E-state index contributed by atoms with van der Waals surface area (Å²) in [6.45, 7) is 1.88. The van der Waals surface area contributed by atoms with Gasteiger partial charge < -0.3 is 10.3 Å². The third kappa shape index (κ3) is 4.91. The van der Waals surface area contributed by atoms with Crippen molar-refractivity contribution in [3.8, 4) is 0 Å². The molecule has 0 fully saturated rings.